The summed E-state index contributed by atoms with van der Waals surface area (Å²) in [7, 11) is 0. The van der Waals surface area contributed by atoms with E-state index in [1.54, 1.807) is 12.3 Å². The minimum atomic E-state index is -0.181. The number of rotatable bonds is 6. The molecule has 0 aliphatic heterocycles. The van der Waals surface area contributed by atoms with Crippen molar-refractivity contribution in [1.29, 1.82) is 0 Å². The number of anilines is 3. The zero-order chi connectivity index (χ0) is 19.5. The predicted molar refractivity (Wildman–Crippen MR) is 109 cm³/mol. The Morgan fingerprint density at radius 1 is 1.07 bits per heavy atom. The SMILES string of the molecule is Cc1cc(C)nc(Nc2nc(CC(=O)Nc3nc(-c4ccco4)cs3)cs2)n1. The van der Waals surface area contributed by atoms with Gasteiger partial charge in [-0.2, -0.15) is 0 Å². The van der Waals surface area contributed by atoms with Crippen LogP contribution in [0.25, 0.3) is 11.5 Å². The van der Waals surface area contributed by atoms with E-state index in [-0.39, 0.29) is 12.3 Å². The molecule has 0 saturated carbocycles. The third-order valence-corrected chi connectivity index (χ3v) is 5.18. The van der Waals surface area contributed by atoms with Gasteiger partial charge in [-0.15, -0.1) is 22.7 Å². The number of furan rings is 1. The average molecular weight is 413 g/mol. The molecule has 4 aromatic rings. The van der Waals surface area contributed by atoms with Crippen molar-refractivity contribution in [2.24, 2.45) is 0 Å². The van der Waals surface area contributed by atoms with E-state index in [9.17, 15) is 4.79 Å². The van der Waals surface area contributed by atoms with Crippen LogP contribution in [-0.2, 0) is 11.2 Å². The lowest BCUT2D eigenvalue weighted by atomic mass is 10.3. The lowest BCUT2D eigenvalue weighted by Gasteiger charge is -2.03. The van der Waals surface area contributed by atoms with Crippen LogP contribution in [0.3, 0.4) is 0 Å². The highest BCUT2D eigenvalue weighted by Crippen LogP contribution is 2.25. The van der Waals surface area contributed by atoms with Crippen LogP contribution in [0.2, 0.25) is 0 Å². The summed E-state index contributed by atoms with van der Waals surface area (Å²) in [5, 5.41) is 10.7. The zero-order valence-corrected chi connectivity index (χ0v) is 16.7. The largest absolute Gasteiger partial charge is 0.463 e. The molecule has 0 spiro atoms. The fourth-order valence-electron chi connectivity index (χ4n) is 2.52. The molecule has 10 heteroatoms. The van der Waals surface area contributed by atoms with Crippen LogP contribution in [-0.4, -0.2) is 25.8 Å². The molecule has 142 valence electrons. The van der Waals surface area contributed by atoms with Gasteiger partial charge >= 0.3 is 0 Å². The summed E-state index contributed by atoms with van der Waals surface area (Å²) >= 11 is 2.75. The smallest absolute Gasteiger partial charge is 0.232 e. The van der Waals surface area contributed by atoms with Crippen molar-refractivity contribution in [3.63, 3.8) is 0 Å². The van der Waals surface area contributed by atoms with E-state index in [1.807, 2.05) is 36.7 Å². The highest BCUT2D eigenvalue weighted by molar-refractivity contribution is 7.14. The monoisotopic (exact) mass is 412 g/mol. The molecule has 4 rings (SSSR count). The Labute approximate surface area is 168 Å². The first-order valence-electron chi connectivity index (χ1n) is 8.38. The molecule has 0 bridgehead atoms. The third-order valence-electron chi connectivity index (χ3n) is 3.62. The molecule has 0 fully saturated rings. The maximum atomic E-state index is 12.3. The molecule has 0 saturated heterocycles. The van der Waals surface area contributed by atoms with E-state index < -0.39 is 0 Å². The first-order chi connectivity index (χ1) is 13.5. The van der Waals surface area contributed by atoms with E-state index >= 15 is 0 Å². The Balaban J connectivity index is 1.36. The second-order valence-electron chi connectivity index (χ2n) is 5.98. The van der Waals surface area contributed by atoms with Crippen LogP contribution >= 0.6 is 22.7 Å². The van der Waals surface area contributed by atoms with E-state index in [4.69, 9.17) is 4.42 Å². The molecule has 1 amide bonds. The van der Waals surface area contributed by atoms with Gasteiger partial charge in [-0.25, -0.2) is 19.9 Å². The van der Waals surface area contributed by atoms with Crippen LogP contribution in [0, 0.1) is 13.8 Å². The number of aromatic nitrogens is 4. The molecule has 4 heterocycles. The standard InChI is InChI=1S/C18H16N6O2S2/c1-10-6-11(2)20-16(19-10)24-17-21-12(8-27-17)7-15(25)23-18-22-13(9-28-18)14-4-3-5-26-14/h3-6,8-9H,7H2,1-2H3,(H,22,23,25)(H,19,20,21,24). The summed E-state index contributed by atoms with van der Waals surface area (Å²) in [4.78, 5) is 29.7. The summed E-state index contributed by atoms with van der Waals surface area (Å²) in [6.45, 7) is 3.82. The minimum Gasteiger partial charge on any atom is -0.463 e. The van der Waals surface area contributed by atoms with Gasteiger partial charge < -0.3 is 15.1 Å². The number of nitrogens with one attached hydrogen (secondary N) is 2. The van der Waals surface area contributed by atoms with Gasteiger partial charge in [0.1, 0.15) is 5.69 Å². The van der Waals surface area contributed by atoms with E-state index in [0.29, 0.717) is 33.4 Å². The number of hydrogen-bond donors (Lipinski definition) is 2. The van der Waals surface area contributed by atoms with Gasteiger partial charge in [0.25, 0.3) is 0 Å². The maximum absolute atomic E-state index is 12.3. The molecule has 0 radical (unpaired) electrons. The molecule has 8 nitrogen and oxygen atoms in total. The number of nitrogens with zero attached hydrogens (tertiary/aromatic N) is 4. The predicted octanol–water partition coefficient (Wildman–Crippen LogP) is 4.19. The van der Waals surface area contributed by atoms with Crippen LogP contribution in [0.15, 0.2) is 39.6 Å². The Kier molecular flexibility index (Phi) is 5.13. The normalized spacial score (nSPS) is 10.8. The van der Waals surface area contributed by atoms with Crippen molar-refractivity contribution in [3.8, 4) is 11.5 Å². The fourth-order valence-corrected chi connectivity index (χ4v) is 3.94. The maximum Gasteiger partial charge on any atom is 0.232 e. The van der Waals surface area contributed by atoms with Crippen LogP contribution in [0.4, 0.5) is 16.2 Å². The topological polar surface area (TPSA) is 106 Å². The van der Waals surface area contributed by atoms with Gasteiger partial charge in [0.15, 0.2) is 16.0 Å². The van der Waals surface area contributed by atoms with E-state index in [2.05, 4.69) is 30.6 Å². The minimum absolute atomic E-state index is 0.154. The second-order valence-corrected chi connectivity index (χ2v) is 7.70. The molecule has 4 aromatic heterocycles. The molecule has 0 aliphatic carbocycles. The van der Waals surface area contributed by atoms with Gasteiger partial charge in [-0.3, -0.25) is 4.79 Å². The Hall–Kier alpha value is -3.11. The first kappa shape index (κ1) is 18.3. The van der Waals surface area contributed by atoms with Crippen molar-refractivity contribution in [2.75, 3.05) is 10.6 Å². The van der Waals surface area contributed by atoms with Gasteiger partial charge in [0.2, 0.25) is 11.9 Å². The third kappa shape index (κ3) is 4.41. The summed E-state index contributed by atoms with van der Waals surface area (Å²) in [6, 6.07) is 5.52. The first-order valence-corrected chi connectivity index (χ1v) is 10.1. The van der Waals surface area contributed by atoms with Crippen molar-refractivity contribution < 1.29 is 9.21 Å². The molecule has 0 atom stereocenters. The number of carbonyl (C=O) groups is 1. The lowest BCUT2D eigenvalue weighted by Crippen LogP contribution is -2.14. The van der Waals surface area contributed by atoms with Crippen molar-refractivity contribution in [1.82, 2.24) is 19.9 Å². The highest BCUT2D eigenvalue weighted by atomic mass is 32.1. The molecule has 0 unspecified atom stereocenters. The number of aryl methyl sites for hydroxylation is 2. The van der Waals surface area contributed by atoms with Crippen molar-refractivity contribution in [2.45, 2.75) is 20.3 Å². The van der Waals surface area contributed by atoms with E-state index in [0.717, 1.165) is 11.4 Å². The summed E-state index contributed by atoms with van der Waals surface area (Å²) in [5.74, 6) is 0.983. The Morgan fingerprint density at radius 2 is 1.86 bits per heavy atom. The fraction of sp³-hybridized carbons (Fsp3) is 0.167. The van der Waals surface area contributed by atoms with Crippen molar-refractivity contribution >= 4 is 44.8 Å². The summed E-state index contributed by atoms with van der Waals surface area (Å²) in [6.07, 6.45) is 1.74. The van der Waals surface area contributed by atoms with Gasteiger partial charge in [-0.1, -0.05) is 0 Å². The highest BCUT2D eigenvalue weighted by Gasteiger charge is 2.12. The van der Waals surface area contributed by atoms with Gasteiger partial charge in [0.05, 0.1) is 18.4 Å². The average Bonchev–Trinajstić information content (AvgIpc) is 3.35. The van der Waals surface area contributed by atoms with Crippen molar-refractivity contribution in [3.05, 3.63) is 52.3 Å². The molecule has 0 aliphatic rings. The molecular weight excluding hydrogens is 396 g/mol. The molecule has 0 aromatic carbocycles. The second kappa shape index (κ2) is 7.87. The van der Waals surface area contributed by atoms with Crippen LogP contribution in [0.5, 0.6) is 0 Å². The molecule has 2 N–H and O–H groups in total. The Morgan fingerprint density at radius 3 is 2.61 bits per heavy atom. The molecular formula is C18H16N6O2S2. The Bertz CT molecular complexity index is 1080. The summed E-state index contributed by atoms with van der Waals surface area (Å²) in [5.41, 5.74) is 3.11. The lowest BCUT2D eigenvalue weighted by molar-refractivity contribution is -0.115. The number of thiazole rings is 2. The number of amides is 1. The quantitative estimate of drug-likeness (QED) is 0.489. The number of carbonyl (C=O) groups excluding carboxylic acids is 1. The van der Waals surface area contributed by atoms with Gasteiger partial charge in [0, 0.05) is 22.1 Å². The van der Waals surface area contributed by atoms with Crippen LogP contribution < -0.4 is 10.6 Å². The molecule has 28 heavy (non-hydrogen) atoms. The van der Waals surface area contributed by atoms with Crippen LogP contribution in [0.1, 0.15) is 17.1 Å². The van der Waals surface area contributed by atoms with E-state index in [1.165, 1.54) is 22.7 Å². The zero-order valence-electron chi connectivity index (χ0n) is 15.1. The van der Waals surface area contributed by atoms with Gasteiger partial charge in [-0.05, 0) is 32.0 Å². The number of hydrogen-bond acceptors (Lipinski definition) is 9. The summed E-state index contributed by atoms with van der Waals surface area (Å²) < 4.78 is 5.31.